The van der Waals surface area contributed by atoms with E-state index in [0.717, 1.165) is 4.57 Å². The van der Waals surface area contributed by atoms with Gasteiger partial charge in [-0.3, -0.25) is 9.36 Å². The van der Waals surface area contributed by atoms with Crippen molar-refractivity contribution in [2.75, 3.05) is 0 Å². The zero-order valence-electron chi connectivity index (χ0n) is 12.5. The Morgan fingerprint density at radius 2 is 1.67 bits per heavy atom. The van der Waals surface area contributed by atoms with E-state index in [0.29, 0.717) is 11.3 Å². The molecule has 1 heterocycles. The number of carbonyl (C=O) groups excluding carboxylic acids is 1. The summed E-state index contributed by atoms with van der Waals surface area (Å²) in [6.07, 6.45) is 1.37. The predicted octanol–water partition coefficient (Wildman–Crippen LogP) is 3.36. The largest absolute Gasteiger partial charge is 0.462 e. The molecule has 5 nitrogen and oxygen atoms in total. The maximum Gasteiger partial charge on any atom is 0.350 e. The van der Waals surface area contributed by atoms with Crippen LogP contribution in [0.1, 0.15) is 16.6 Å². The van der Waals surface area contributed by atoms with Crippen LogP contribution in [0.25, 0.3) is 0 Å². The number of halogens is 1. The van der Waals surface area contributed by atoms with Gasteiger partial charge in [-0.25, -0.2) is 4.79 Å². The maximum atomic E-state index is 12.9. The van der Waals surface area contributed by atoms with Crippen LogP contribution in [0.3, 0.4) is 0 Å². The zero-order valence-corrected chi connectivity index (χ0v) is 13.3. The van der Waals surface area contributed by atoms with Gasteiger partial charge in [0.2, 0.25) is 12.0 Å². The van der Waals surface area contributed by atoms with Crippen LogP contribution in [0, 0.1) is 0 Å². The van der Waals surface area contributed by atoms with Crippen molar-refractivity contribution in [3.05, 3.63) is 94.1 Å². The molecule has 24 heavy (non-hydrogen) atoms. The van der Waals surface area contributed by atoms with E-state index >= 15 is 0 Å². The third-order valence-electron chi connectivity index (χ3n) is 3.31. The van der Waals surface area contributed by atoms with Crippen molar-refractivity contribution in [2.45, 2.75) is 6.23 Å². The maximum absolute atomic E-state index is 12.9. The summed E-state index contributed by atoms with van der Waals surface area (Å²) in [5, 5.41) is 0.233. The van der Waals surface area contributed by atoms with Gasteiger partial charge >= 0.3 is 5.69 Å². The molecule has 0 aliphatic carbocycles. The smallest absolute Gasteiger partial charge is 0.350 e. The Morgan fingerprint density at radius 3 is 2.33 bits per heavy atom. The number of ether oxygens (including phenoxy) is 1. The molecule has 0 aliphatic heterocycles. The molecule has 0 aliphatic rings. The molecule has 0 radical (unpaired) electrons. The van der Waals surface area contributed by atoms with E-state index in [1.54, 1.807) is 54.6 Å². The summed E-state index contributed by atoms with van der Waals surface area (Å²) >= 11 is 5.93. The summed E-state index contributed by atoms with van der Waals surface area (Å²) in [6, 6.07) is 17.4. The van der Waals surface area contributed by atoms with Gasteiger partial charge in [0, 0.05) is 11.8 Å². The SMILES string of the molecule is O=C(c1ccccc1)C(Oc1ccccc1)n1cc(Cl)cnc1=O. The molecule has 0 fully saturated rings. The van der Waals surface area contributed by atoms with Gasteiger partial charge in [-0.05, 0) is 12.1 Å². The molecule has 1 atom stereocenters. The first-order valence-corrected chi connectivity index (χ1v) is 7.57. The highest BCUT2D eigenvalue weighted by Crippen LogP contribution is 2.20. The lowest BCUT2D eigenvalue weighted by molar-refractivity contribution is 0.0641. The Labute approximate surface area is 143 Å². The fourth-order valence-corrected chi connectivity index (χ4v) is 2.34. The third-order valence-corrected chi connectivity index (χ3v) is 3.50. The first-order valence-electron chi connectivity index (χ1n) is 7.20. The van der Waals surface area contributed by atoms with Crippen molar-refractivity contribution >= 4 is 17.4 Å². The van der Waals surface area contributed by atoms with Gasteiger partial charge in [0.1, 0.15) is 5.75 Å². The van der Waals surface area contributed by atoms with Crippen LogP contribution in [0.4, 0.5) is 0 Å². The van der Waals surface area contributed by atoms with E-state index in [4.69, 9.17) is 16.3 Å². The summed E-state index contributed by atoms with van der Waals surface area (Å²) in [5.41, 5.74) is -0.199. The second-order valence-electron chi connectivity index (χ2n) is 4.98. The minimum atomic E-state index is -1.20. The number of Topliss-reactive ketones (excluding diaryl/α,β-unsaturated/α-hetero) is 1. The zero-order chi connectivity index (χ0) is 16.9. The van der Waals surface area contributed by atoms with Crippen molar-refractivity contribution in [1.29, 1.82) is 0 Å². The van der Waals surface area contributed by atoms with E-state index < -0.39 is 11.9 Å². The van der Waals surface area contributed by atoms with Crippen molar-refractivity contribution in [3.8, 4) is 5.75 Å². The number of benzene rings is 2. The molecule has 0 saturated heterocycles. The Balaban J connectivity index is 2.05. The first kappa shape index (κ1) is 16.0. The van der Waals surface area contributed by atoms with Crippen LogP contribution < -0.4 is 10.4 Å². The van der Waals surface area contributed by atoms with Crippen molar-refractivity contribution in [1.82, 2.24) is 9.55 Å². The predicted molar refractivity (Wildman–Crippen MR) is 90.4 cm³/mol. The first-order chi connectivity index (χ1) is 11.6. The molecule has 0 amide bonds. The normalized spacial score (nSPS) is 11.7. The van der Waals surface area contributed by atoms with Crippen molar-refractivity contribution in [3.63, 3.8) is 0 Å². The van der Waals surface area contributed by atoms with Gasteiger partial charge in [0.25, 0.3) is 0 Å². The van der Waals surface area contributed by atoms with Gasteiger partial charge in [-0.1, -0.05) is 60.1 Å². The molecular weight excluding hydrogens is 328 g/mol. The van der Waals surface area contributed by atoms with Crippen LogP contribution in [-0.2, 0) is 0 Å². The molecule has 0 spiro atoms. The molecule has 0 bridgehead atoms. The number of rotatable bonds is 5. The average molecular weight is 341 g/mol. The number of ketones is 1. The number of carbonyl (C=O) groups is 1. The van der Waals surface area contributed by atoms with Crippen LogP contribution in [0.15, 0.2) is 77.9 Å². The number of para-hydroxylation sites is 1. The monoisotopic (exact) mass is 340 g/mol. The quantitative estimate of drug-likeness (QED) is 0.668. The standard InChI is InChI=1S/C18H13ClN2O3/c19-14-11-20-18(23)21(12-14)17(24-15-9-5-2-6-10-15)16(22)13-7-3-1-4-8-13/h1-12,17H. The van der Waals surface area contributed by atoms with Crippen molar-refractivity contribution < 1.29 is 9.53 Å². The second kappa shape index (κ2) is 7.10. The number of nitrogens with zero attached hydrogens (tertiary/aromatic N) is 2. The minimum absolute atomic E-state index is 0.233. The number of aromatic nitrogens is 2. The average Bonchev–Trinajstić information content (AvgIpc) is 2.63. The fraction of sp³-hybridized carbons (Fsp3) is 0.0556. The molecule has 0 saturated carbocycles. The molecule has 3 rings (SSSR count). The molecule has 120 valence electrons. The van der Waals surface area contributed by atoms with Gasteiger partial charge in [0.15, 0.2) is 0 Å². The topological polar surface area (TPSA) is 61.2 Å². The summed E-state index contributed by atoms with van der Waals surface area (Å²) in [7, 11) is 0. The molecule has 2 aromatic carbocycles. The summed E-state index contributed by atoms with van der Waals surface area (Å²) < 4.78 is 6.86. The molecule has 1 aromatic heterocycles. The molecular formula is C18H13ClN2O3. The summed E-state index contributed by atoms with van der Waals surface area (Å²) in [4.78, 5) is 28.6. The lowest BCUT2D eigenvalue weighted by Crippen LogP contribution is -2.34. The number of hydrogen-bond acceptors (Lipinski definition) is 4. The van der Waals surface area contributed by atoms with E-state index in [9.17, 15) is 9.59 Å². The molecule has 3 aromatic rings. The van der Waals surface area contributed by atoms with Gasteiger partial charge in [-0.2, -0.15) is 4.98 Å². The van der Waals surface area contributed by atoms with Crippen LogP contribution >= 0.6 is 11.6 Å². The fourth-order valence-electron chi connectivity index (χ4n) is 2.18. The summed E-state index contributed by atoms with van der Waals surface area (Å²) in [5.74, 6) is 0.0873. The Hall–Kier alpha value is -2.92. The third kappa shape index (κ3) is 3.52. The highest BCUT2D eigenvalue weighted by atomic mass is 35.5. The van der Waals surface area contributed by atoms with E-state index in [1.165, 1.54) is 12.4 Å². The van der Waals surface area contributed by atoms with Gasteiger partial charge in [0.05, 0.1) is 11.2 Å². The molecule has 6 heteroatoms. The molecule has 1 unspecified atom stereocenters. The highest BCUT2D eigenvalue weighted by Gasteiger charge is 2.25. The Morgan fingerprint density at radius 1 is 1.04 bits per heavy atom. The van der Waals surface area contributed by atoms with Crippen LogP contribution in [-0.4, -0.2) is 15.3 Å². The summed E-state index contributed by atoms with van der Waals surface area (Å²) in [6.45, 7) is 0. The van der Waals surface area contributed by atoms with Crippen LogP contribution in [0.2, 0.25) is 5.02 Å². The Kier molecular flexibility index (Phi) is 4.72. The van der Waals surface area contributed by atoms with E-state index in [1.807, 2.05) is 6.07 Å². The Bertz CT molecular complexity index is 895. The van der Waals surface area contributed by atoms with Gasteiger partial charge in [-0.15, -0.1) is 0 Å². The van der Waals surface area contributed by atoms with Gasteiger partial charge < -0.3 is 4.74 Å². The van der Waals surface area contributed by atoms with Crippen LogP contribution in [0.5, 0.6) is 5.75 Å². The van der Waals surface area contributed by atoms with E-state index in [2.05, 4.69) is 4.98 Å². The number of hydrogen-bond donors (Lipinski definition) is 0. The van der Waals surface area contributed by atoms with E-state index in [-0.39, 0.29) is 10.8 Å². The molecule has 0 N–H and O–H groups in total. The highest BCUT2D eigenvalue weighted by molar-refractivity contribution is 6.30. The minimum Gasteiger partial charge on any atom is -0.462 e. The second-order valence-corrected chi connectivity index (χ2v) is 5.41. The lowest BCUT2D eigenvalue weighted by Gasteiger charge is -2.20. The lowest BCUT2D eigenvalue weighted by atomic mass is 10.1. The van der Waals surface area contributed by atoms with Crippen molar-refractivity contribution in [2.24, 2.45) is 0 Å².